The van der Waals surface area contributed by atoms with E-state index in [9.17, 15) is 4.79 Å². The summed E-state index contributed by atoms with van der Waals surface area (Å²) in [7, 11) is 1.74. The van der Waals surface area contributed by atoms with Crippen molar-refractivity contribution in [1.29, 1.82) is 0 Å². The van der Waals surface area contributed by atoms with Gasteiger partial charge in [-0.05, 0) is 44.4 Å². The van der Waals surface area contributed by atoms with E-state index in [1.165, 1.54) is 4.88 Å². The quantitative estimate of drug-likeness (QED) is 0.304. The van der Waals surface area contributed by atoms with E-state index in [2.05, 4.69) is 32.9 Å². The number of benzene rings is 1. The third-order valence-electron chi connectivity index (χ3n) is 4.58. The molecule has 3 rings (SSSR count). The molecule has 7 nitrogen and oxygen atoms in total. The zero-order valence-electron chi connectivity index (χ0n) is 16.9. The number of halogens is 1. The van der Waals surface area contributed by atoms with Crippen LogP contribution in [-0.4, -0.2) is 36.6 Å². The highest BCUT2D eigenvalue weighted by Gasteiger charge is 2.23. The standard InChI is InChI=1S/C20H27N5O2S.HI/c1-13-14(2)28-18(24-13)12-23-20(21-3)22-11-15-6-4-7-16(10-15)25-19(26)17-8-5-9-27-17;/h4,6-7,10,17H,5,8-9,11-12H2,1-3H3,(H,25,26)(H2,21,22,23);1H. The fourth-order valence-electron chi connectivity index (χ4n) is 2.95. The lowest BCUT2D eigenvalue weighted by molar-refractivity contribution is -0.124. The molecule has 1 unspecified atom stereocenters. The molecule has 1 saturated heterocycles. The maximum atomic E-state index is 12.2. The zero-order valence-corrected chi connectivity index (χ0v) is 20.1. The van der Waals surface area contributed by atoms with Crippen LogP contribution in [0.1, 0.15) is 34.0 Å². The highest BCUT2D eigenvalue weighted by molar-refractivity contribution is 14.0. The van der Waals surface area contributed by atoms with Crippen LogP contribution in [-0.2, 0) is 22.6 Å². The molecule has 1 aliphatic heterocycles. The summed E-state index contributed by atoms with van der Waals surface area (Å²) in [6.07, 6.45) is 1.39. The molecule has 0 bridgehead atoms. The van der Waals surface area contributed by atoms with Crippen molar-refractivity contribution in [3.63, 3.8) is 0 Å². The largest absolute Gasteiger partial charge is 0.368 e. The highest BCUT2D eigenvalue weighted by atomic mass is 127. The Labute approximate surface area is 192 Å². The van der Waals surface area contributed by atoms with Crippen LogP contribution in [0, 0.1) is 13.8 Å². The van der Waals surface area contributed by atoms with Gasteiger partial charge in [-0.15, -0.1) is 35.3 Å². The Balaban J connectivity index is 0.00000300. The van der Waals surface area contributed by atoms with E-state index in [0.29, 0.717) is 25.7 Å². The fourth-order valence-corrected chi connectivity index (χ4v) is 3.82. The predicted molar refractivity (Wildman–Crippen MR) is 128 cm³/mol. The Morgan fingerprint density at radius 2 is 2.10 bits per heavy atom. The summed E-state index contributed by atoms with van der Waals surface area (Å²) in [5.74, 6) is 0.633. The van der Waals surface area contributed by atoms with Gasteiger partial charge in [-0.1, -0.05) is 12.1 Å². The van der Waals surface area contributed by atoms with E-state index in [-0.39, 0.29) is 36.0 Å². The number of hydrogen-bond donors (Lipinski definition) is 3. The molecule has 0 aliphatic carbocycles. The minimum Gasteiger partial charge on any atom is -0.368 e. The fraction of sp³-hybridized carbons (Fsp3) is 0.450. The van der Waals surface area contributed by atoms with Crippen LogP contribution in [0.15, 0.2) is 29.3 Å². The van der Waals surface area contributed by atoms with Crippen molar-refractivity contribution in [2.75, 3.05) is 19.0 Å². The van der Waals surface area contributed by atoms with Gasteiger partial charge in [0.15, 0.2) is 5.96 Å². The van der Waals surface area contributed by atoms with Crippen LogP contribution in [0.4, 0.5) is 5.69 Å². The molecular weight excluding hydrogens is 501 g/mol. The minimum absolute atomic E-state index is 0. The van der Waals surface area contributed by atoms with Gasteiger partial charge in [0.25, 0.3) is 5.91 Å². The lowest BCUT2D eigenvalue weighted by Crippen LogP contribution is -2.36. The van der Waals surface area contributed by atoms with Crippen LogP contribution in [0.2, 0.25) is 0 Å². The van der Waals surface area contributed by atoms with Crippen molar-refractivity contribution in [2.24, 2.45) is 4.99 Å². The number of guanidine groups is 1. The number of carbonyl (C=O) groups is 1. The molecule has 9 heteroatoms. The molecular formula is C20H28IN5O2S. The number of nitrogens with zero attached hydrogens (tertiary/aromatic N) is 2. The molecule has 0 radical (unpaired) electrons. The molecule has 1 atom stereocenters. The Hall–Kier alpha value is -1.72. The second kappa shape index (κ2) is 11.5. The molecule has 1 aliphatic rings. The first-order valence-electron chi connectivity index (χ1n) is 9.44. The molecule has 29 heavy (non-hydrogen) atoms. The summed E-state index contributed by atoms with van der Waals surface area (Å²) in [6, 6.07) is 7.78. The van der Waals surface area contributed by atoms with Crippen molar-refractivity contribution >= 4 is 52.9 Å². The molecule has 2 heterocycles. The second-order valence-electron chi connectivity index (χ2n) is 6.72. The number of nitrogens with one attached hydrogen (secondary N) is 3. The lowest BCUT2D eigenvalue weighted by Gasteiger charge is -2.13. The Morgan fingerprint density at radius 1 is 1.31 bits per heavy atom. The number of carbonyl (C=O) groups excluding carboxylic acids is 1. The summed E-state index contributed by atoms with van der Waals surface area (Å²) in [4.78, 5) is 22.2. The number of amides is 1. The molecule has 1 amide bonds. The predicted octanol–water partition coefficient (Wildman–Crippen LogP) is 3.36. The van der Waals surface area contributed by atoms with E-state index < -0.39 is 0 Å². The summed E-state index contributed by atoms with van der Waals surface area (Å²) in [5, 5.41) is 10.5. The van der Waals surface area contributed by atoms with Gasteiger partial charge >= 0.3 is 0 Å². The van der Waals surface area contributed by atoms with Crippen LogP contribution in [0.3, 0.4) is 0 Å². The number of anilines is 1. The van der Waals surface area contributed by atoms with Crippen LogP contribution >= 0.6 is 35.3 Å². The molecule has 0 spiro atoms. The van der Waals surface area contributed by atoms with E-state index in [0.717, 1.165) is 34.8 Å². The number of hydrogen-bond acceptors (Lipinski definition) is 5. The monoisotopic (exact) mass is 529 g/mol. The van der Waals surface area contributed by atoms with Crippen LogP contribution < -0.4 is 16.0 Å². The minimum atomic E-state index is -0.331. The number of aromatic nitrogens is 1. The van der Waals surface area contributed by atoms with Crippen molar-refractivity contribution in [2.45, 2.75) is 45.9 Å². The zero-order chi connectivity index (χ0) is 19.9. The number of ether oxygens (including phenoxy) is 1. The van der Waals surface area contributed by atoms with Crippen LogP contribution in [0.25, 0.3) is 0 Å². The van der Waals surface area contributed by atoms with Gasteiger partial charge in [0, 0.05) is 30.8 Å². The normalized spacial score (nSPS) is 16.2. The topological polar surface area (TPSA) is 87.6 Å². The second-order valence-corrected chi connectivity index (χ2v) is 8.01. The molecule has 2 aromatic rings. The van der Waals surface area contributed by atoms with Crippen molar-refractivity contribution < 1.29 is 9.53 Å². The van der Waals surface area contributed by atoms with E-state index in [1.54, 1.807) is 18.4 Å². The van der Waals surface area contributed by atoms with Gasteiger partial charge in [-0.3, -0.25) is 9.79 Å². The summed E-state index contributed by atoms with van der Waals surface area (Å²) in [5.41, 5.74) is 2.90. The number of rotatable bonds is 6. The Bertz CT molecular complexity index is 830. The molecule has 0 saturated carbocycles. The Morgan fingerprint density at radius 3 is 2.76 bits per heavy atom. The lowest BCUT2D eigenvalue weighted by atomic mass is 10.2. The van der Waals surface area contributed by atoms with Crippen molar-refractivity contribution in [1.82, 2.24) is 15.6 Å². The van der Waals surface area contributed by atoms with Crippen molar-refractivity contribution in [3.8, 4) is 0 Å². The third-order valence-corrected chi connectivity index (χ3v) is 5.65. The van der Waals surface area contributed by atoms with Gasteiger partial charge in [0.2, 0.25) is 0 Å². The average molecular weight is 529 g/mol. The first kappa shape index (κ1) is 23.6. The van der Waals surface area contributed by atoms with Gasteiger partial charge in [0.1, 0.15) is 11.1 Å². The number of aryl methyl sites for hydroxylation is 2. The van der Waals surface area contributed by atoms with Crippen LogP contribution in [0.5, 0.6) is 0 Å². The highest BCUT2D eigenvalue weighted by Crippen LogP contribution is 2.17. The Kier molecular flexibility index (Phi) is 9.31. The first-order valence-corrected chi connectivity index (χ1v) is 10.3. The first-order chi connectivity index (χ1) is 13.5. The molecule has 1 fully saturated rings. The van der Waals surface area contributed by atoms with Gasteiger partial charge in [-0.2, -0.15) is 0 Å². The van der Waals surface area contributed by atoms with E-state index >= 15 is 0 Å². The third kappa shape index (κ3) is 6.93. The summed E-state index contributed by atoms with van der Waals surface area (Å²) in [6.45, 7) is 5.99. The van der Waals surface area contributed by atoms with Gasteiger partial charge in [0.05, 0.1) is 12.2 Å². The summed E-state index contributed by atoms with van der Waals surface area (Å²) < 4.78 is 5.43. The maximum absolute atomic E-state index is 12.2. The number of aliphatic imine (C=N–C) groups is 1. The summed E-state index contributed by atoms with van der Waals surface area (Å²) >= 11 is 1.69. The molecule has 3 N–H and O–H groups in total. The smallest absolute Gasteiger partial charge is 0.253 e. The van der Waals surface area contributed by atoms with E-state index in [4.69, 9.17) is 4.74 Å². The van der Waals surface area contributed by atoms with Crippen molar-refractivity contribution in [3.05, 3.63) is 45.4 Å². The van der Waals surface area contributed by atoms with E-state index in [1.807, 2.05) is 31.2 Å². The van der Waals surface area contributed by atoms with Gasteiger partial charge in [-0.25, -0.2) is 4.98 Å². The molecule has 1 aromatic carbocycles. The maximum Gasteiger partial charge on any atom is 0.253 e. The number of thiazole rings is 1. The SMILES string of the molecule is CN=C(NCc1cccc(NC(=O)C2CCCO2)c1)NCc1nc(C)c(C)s1.I. The molecule has 158 valence electrons. The molecule has 1 aromatic heterocycles. The van der Waals surface area contributed by atoms with Gasteiger partial charge < -0.3 is 20.7 Å². The average Bonchev–Trinajstić information content (AvgIpc) is 3.33.